The molecule has 4 rings (SSSR count). The molecule has 1 fully saturated rings. The fraction of sp³-hybridized carbons (Fsp3) is 0.522. The zero-order valence-electron chi connectivity index (χ0n) is 20.2. The van der Waals surface area contributed by atoms with Gasteiger partial charge in [-0.15, -0.1) is 0 Å². The van der Waals surface area contributed by atoms with E-state index in [0.29, 0.717) is 28.9 Å². The first kappa shape index (κ1) is 26.1. The van der Waals surface area contributed by atoms with Crippen LogP contribution in [0, 0.1) is 5.92 Å². The quantitative estimate of drug-likeness (QED) is 0.503. The van der Waals surface area contributed by atoms with Crippen LogP contribution < -0.4 is 10.3 Å². The fourth-order valence-electron chi connectivity index (χ4n) is 4.49. The zero-order valence-corrected chi connectivity index (χ0v) is 21.0. The number of aryl methyl sites for hydroxylation is 2. The van der Waals surface area contributed by atoms with E-state index in [-0.39, 0.29) is 48.8 Å². The van der Waals surface area contributed by atoms with Crippen molar-refractivity contribution in [3.05, 3.63) is 34.2 Å². The second-order valence-corrected chi connectivity index (χ2v) is 10.7. The Morgan fingerprint density at radius 3 is 2.50 bits per heavy atom. The number of nitrogens with zero attached hydrogens (tertiary/aromatic N) is 4. The van der Waals surface area contributed by atoms with E-state index < -0.39 is 27.7 Å². The first-order chi connectivity index (χ1) is 17.0. The molecule has 1 N–H and O–H groups in total. The summed E-state index contributed by atoms with van der Waals surface area (Å²) in [6, 6.07) is 4.16. The number of ether oxygens (including phenoxy) is 1. The van der Waals surface area contributed by atoms with Gasteiger partial charge in [-0.25, -0.2) is 13.4 Å². The fourth-order valence-corrected chi connectivity index (χ4v) is 5.98. The smallest absolute Gasteiger partial charge is 0.391 e. The Balaban J connectivity index is 1.77. The van der Waals surface area contributed by atoms with Gasteiger partial charge in [0.05, 0.1) is 28.7 Å². The van der Waals surface area contributed by atoms with Gasteiger partial charge in [0.25, 0.3) is 5.56 Å². The van der Waals surface area contributed by atoms with Crippen LogP contribution in [0.15, 0.2) is 27.9 Å². The number of piperidine rings is 1. The van der Waals surface area contributed by atoms with Crippen molar-refractivity contribution in [3.63, 3.8) is 0 Å². The molecule has 3 heterocycles. The van der Waals surface area contributed by atoms with Gasteiger partial charge in [0.2, 0.25) is 10.0 Å². The van der Waals surface area contributed by atoms with Crippen LogP contribution >= 0.6 is 0 Å². The van der Waals surface area contributed by atoms with E-state index in [4.69, 9.17) is 4.74 Å². The van der Waals surface area contributed by atoms with E-state index >= 15 is 0 Å². The molecule has 2 aromatic heterocycles. The predicted octanol–water partition coefficient (Wildman–Crippen LogP) is 3.64. The highest BCUT2D eigenvalue weighted by atomic mass is 32.2. The number of nitrogens with one attached hydrogen (secondary N) is 1. The second kappa shape index (κ2) is 9.85. The maximum atomic E-state index is 13.3. The summed E-state index contributed by atoms with van der Waals surface area (Å²) in [7, 11) is -2.43. The highest BCUT2D eigenvalue weighted by Crippen LogP contribution is 2.37. The lowest BCUT2D eigenvalue weighted by Gasteiger charge is -2.32. The minimum atomic E-state index is -4.35. The number of hydrogen-bond acceptors (Lipinski definition) is 6. The van der Waals surface area contributed by atoms with Gasteiger partial charge in [-0.2, -0.15) is 22.6 Å². The number of benzene rings is 1. The Bertz CT molecular complexity index is 1420. The van der Waals surface area contributed by atoms with E-state index in [1.54, 1.807) is 14.0 Å². The molecule has 1 aromatic carbocycles. The number of sulfonamides is 1. The summed E-state index contributed by atoms with van der Waals surface area (Å²) >= 11 is 0. The Morgan fingerprint density at radius 1 is 1.19 bits per heavy atom. The molecule has 0 unspecified atom stereocenters. The standard InChI is InChI=1S/C23H28F3N5O4S/c1-4-6-17-19-20(30(3)29-17)22(32)28-21(27-19)16-13-15(7-8-18(16)35-5-2)36(33,34)31-11-9-14(10-12-31)23(24,25)26/h7-8,13-14H,4-6,9-12H2,1-3H3,(H,27,28,32). The molecule has 1 aliphatic heterocycles. The van der Waals surface area contributed by atoms with E-state index in [1.807, 2.05) is 6.92 Å². The number of rotatable bonds is 7. The van der Waals surface area contributed by atoms with Crippen molar-refractivity contribution < 1.29 is 26.3 Å². The molecule has 0 atom stereocenters. The third-order valence-electron chi connectivity index (χ3n) is 6.31. The molecule has 1 aliphatic rings. The van der Waals surface area contributed by atoms with Crippen LogP contribution in [0.3, 0.4) is 0 Å². The number of aromatic nitrogens is 4. The summed E-state index contributed by atoms with van der Waals surface area (Å²) in [4.78, 5) is 20.1. The van der Waals surface area contributed by atoms with Gasteiger partial charge in [-0.1, -0.05) is 13.3 Å². The number of hydrogen-bond donors (Lipinski definition) is 1. The first-order valence-corrected chi connectivity index (χ1v) is 13.2. The van der Waals surface area contributed by atoms with Gasteiger partial charge in [0.15, 0.2) is 5.52 Å². The predicted molar refractivity (Wildman–Crippen MR) is 127 cm³/mol. The van der Waals surface area contributed by atoms with Crippen LogP contribution in [0.25, 0.3) is 22.4 Å². The van der Waals surface area contributed by atoms with Gasteiger partial charge in [0, 0.05) is 20.1 Å². The number of alkyl halides is 3. The van der Waals surface area contributed by atoms with E-state index in [0.717, 1.165) is 10.7 Å². The molecule has 0 aliphatic carbocycles. The molecule has 0 amide bonds. The average Bonchev–Trinajstić information content (AvgIpc) is 3.14. The van der Waals surface area contributed by atoms with Crippen LogP contribution in [0.4, 0.5) is 13.2 Å². The van der Waals surface area contributed by atoms with Crippen molar-refractivity contribution >= 4 is 21.1 Å². The molecular formula is C23H28F3N5O4S. The summed E-state index contributed by atoms with van der Waals surface area (Å²) in [5, 5.41) is 4.40. The van der Waals surface area contributed by atoms with Crippen molar-refractivity contribution in [2.24, 2.45) is 13.0 Å². The minimum absolute atomic E-state index is 0.117. The third-order valence-corrected chi connectivity index (χ3v) is 8.20. The molecule has 0 saturated carbocycles. The highest BCUT2D eigenvalue weighted by molar-refractivity contribution is 7.89. The van der Waals surface area contributed by atoms with Crippen LogP contribution in [0.5, 0.6) is 5.75 Å². The molecule has 0 radical (unpaired) electrons. The van der Waals surface area contributed by atoms with Crippen LogP contribution in [-0.2, 0) is 23.5 Å². The topological polar surface area (TPSA) is 110 Å². The maximum Gasteiger partial charge on any atom is 0.391 e. The Kier molecular flexibility index (Phi) is 7.15. The molecule has 0 bridgehead atoms. The van der Waals surface area contributed by atoms with Gasteiger partial charge in [0.1, 0.15) is 17.1 Å². The lowest BCUT2D eigenvalue weighted by molar-refractivity contribution is -0.182. The van der Waals surface area contributed by atoms with Gasteiger partial charge >= 0.3 is 6.18 Å². The lowest BCUT2D eigenvalue weighted by Crippen LogP contribution is -2.42. The second-order valence-electron chi connectivity index (χ2n) is 8.74. The van der Waals surface area contributed by atoms with E-state index in [2.05, 4.69) is 15.1 Å². The van der Waals surface area contributed by atoms with Crippen molar-refractivity contribution in [3.8, 4) is 17.1 Å². The summed E-state index contributed by atoms with van der Waals surface area (Å²) < 4.78 is 74.0. The van der Waals surface area contributed by atoms with Crippen LogP contribution in [-0.4, -0.2) is 58.3 Å². The SMILES string of the molecule is CCCc1nn(C)c2c(=O)[nH]c(-c3cc(S(=O)(=O)N4CCC(C(F)(F)F)CC4)ccc3OCC)nc12. The van der Waals surface area contributed by atoms with Crippen molar-refractivity contribution in [1.29, 1.82) is 0 Å². The zero-order chi connectivity index (χ0) is 26.3. The van der Waals surface area contributed by atoms with Crippen LogP contribution in [0.2, 0.25) is 0 Å². The molecular weight excluding hydrogens is 499 g/mol. The Hall–Kier alpha value is -2.93. The molecule has 1 saturated heterocycles. The average molecular weight is 528 g/mol. The number of aromatic amines is 1. The van der Waals surface area contributed by atoms with E-state index in [9.17, 15) is 26.4 Å². The number of H-pyrrole nitrogens is 1. The van der Waals surface area contributed by atoms with Gasteiger partial charge < -0.3 is 9.72 Å². The summed E-state index contributed by atoms with van der Waals surface area (Å²) in [5.74, 6) is -1.08. The molecule has 3 aromatic rings. The molecule has 0 spiro atoms. The maximum absolute atomic E-state index is 13.3. The van der Waals surface area contributed by atoms with Crippen LogP contribution in [0.1, 0.15) is 38.8 Å². The Morgan fingerprint density at radius 2 is 1.89 bits per heavy atom. The van der Waals surface area contributed by atoms with Gasteiger partial charge in [-0.05, 0) is 44.4 Å². The molecule has 196 valence electrons. The largest absolute Gasteiger partial charge is 0.493 e. The highest BCUT2D eigenvalue weighted by Gasteiger charge is 2.43. The normalized spacial score (nSPS) is 16.1. The Labute approximate surface area is 206 Å². The van der Waals surface area contributed by atoms with Crippen molar-refractivity contribution in [2.75, 3.05) is 19.7 Å². The third kappa shape index (κ3) is 4.85. The number of halogens is 3. The molecule has 36 heavy (non-hydrogen) atoms. The van der Waals surface area contributed by atoms with Gasteiger partial charge in [-0.3, -0.25) is 9.48 Å². The molecule has 13 heteroatoms. The summed E-state index contributed by atoms with van der Waals surface area (Å²) in [5.41, 5.74) is 1.20. The summed E-state index contributed by atoms with van der Waals surface area (Å²) in [6.07, 6.45) is -3.53. The van der Waals surface area contributed by atoms with Crippen molar-refractivity contribution in [2.45, 2.75) is 50.6 Å². The number of fused-ring (bicyclic) bond motifs is 1. The molecule has 9 nitrogen and oxygen atoms in total. The summed E-state index contributed by atoms with van der Waals surface area (Å²) in [6.45, 7) is 3.57. The van der Waals surface area contributed by atoms with E-state index in [1.165, 1.54) is 22.9 Å². The minimum Gasteiger partial charge on any atom is -0.493 e. The van der Waals surface area contributed by atoms with Crippen molar-refractivity contribution in [1.82, 2.24) is 24.1 Å². The monoisotopic (exact) mass is 527 g/mol. The lowest BCUT2D eigenvalue weighted by atomic mass is 9.98. The first-order valence-electron chi connectivity index (χ1n) is 11.8.